The summed E-state index contributed by atoms with van der Waals surface area (Å²) in [6, 6.07) is 8.42. The molecule has 5 nitrogen and oxygen atoms in total. The first-order valence-electron chi connectivity index (χ1n) is 6.39. The number of hydrogen-bond acceptors (Lipinski definition) is 4. The number of nitrogens with zero attached hydrogens (tertiary/aromatic N) is 2. The molecular weight excluding hydrogens is 242 g/mol. The third-order valence-corrected chi connectivity index (χ3v) is 2.91. The minimum Gasteiger partial charge on any atom is -0.409 e. The van der Waals surface area contributed by atoms with E-state index in [-0.39, 0.29) is 5.84 Å². The zero-order valence-corrected chi connectivity index (χ0v) is 11.7. The van der Waals surface area contributed by atoms with Crippen molar-refractivity contribution < 1.29 is 9.94 Å². The van der Waals surface area contributed by atoms with Crippen LogP contribution in [0.1, 0.15) is 17.5 Å². The maximum absolute atomic E-state index is 8.57. The molecule has 0 heterocycles. The molecule has 3 N–H and O–H groups in total. The largest absolute Gasteiger partial charge is 0.409 e. The van der Waals surface area contributed by atoms with Gasteiger partial charge in [-0.3, -0.25) is 4.90 Å². The Morgan fingerprint density at radius 3 is 2.84 bits per heavy atom. The van der Waals surface area contributed by atoms with Gasteiger partial charge >= 0.3 is 0 Å². The van der Waals surface area contributed by atoms with Gasteiger partial charge in [0.2, 0.25) is 0 Å². The third-order valence-electron chi connectivity index (χ3n) is 2.91. The molecule has 0 amide bonds. The molecule has 1 aromatic carbocycles. The summed E-state index contributed by atoms with van der Waals surface area (Å²) in [4.78, 5) is 2.23. The molecule has 0 aliphatic carbocycles. The van der Waals surface area contributed by atoms with Crippen LogP contribution < -0.4 is 5.73 Å². The van der Waals surface area contributed by atoms with E-state index in [0.717, 1.165) is 19.6 Å². The smallest absolute Gasteiger partial charge is 0.140 e. The van der Waals surface area contributed by atoms with Gasteiger partial charge in [0.25, 0.3) is 0 Å². The Kier molecular flexibility index (Phi) is 6.92. The predicted molar refractivity (Wildman–Crippen MR) is 76.4 cm³/mol. The molecule has 0 radical (unpaired) electrons. The zero-order chi connectivity index (χ0) is 14.1. The quantitative estimate of drug-likeness (QED) is 0.324. The van der Waals surface area contributed by atoms with Crippen molar-refractivity contribution in [2.45, 2.75) is 19.9 Å². The highest BCUT2D eigenvalue weighted by molar-refractivity contribution is 5.79. The van der Waals surface area contributed by atoms with Crippen LogP contribution in [0.5, 0.6) is 0 Å². The zero-order valence-electron chi connectivity index (χ0n) is 11.7. The van der Waals surface area contributed by atoms with Crippen LogP contribution in [0.3, 0.4) is 0 Å². The molecule has 0 aromatic heterocycles. The molecule has 106 valence electrons. The van der Waals surface area contributed by atoms with Crippen molar-refractivity contribution in [2.24, 2.45) is 10.9 Å². The third kappa shape index (κ3) is 6.22. The SMILES string of the molecule is COCCN(CCC(N)=NO)Cc1cccc(C)c1. The van der Waals surface area contributed by atoms with Gasteiger partial charge in [0.15, 0.2) is 0 Å². The fourth-order valence-electron chi connectivity index (χ4n) is 1.88. The van der Waals surface area contributed by atoms with E-state index in [1.54, 1.807) is 7.11 Å². The maximum atomic E-state index is 8.57. The second-order valence-corrected chi connectivity index (χ2v) is 4.60. The number of benzene rings is 1. The molecule has 0 unspecified atom stereocenters. The summed E-state index contributed by atoms with van der Waals surface area (Å²) in [5.41, 5.74) is 8.02. The Morgan fingerprint density at radius 1 is 1.42 bits per heavy atom. The molecule has 0 bridgehead atoms. The number of oxime groups is 1. The topological polar surface area (TPSA) is 71.1 Å². The van der Waals surface area contributed by atoms with E-state index in [9.17, 15) is 0 Å². The van der Waals surface area contributed by atoms with Gasteiger partial charge in [-0.1, -0.05) is 35.0 Å². The van der Waals surface area contributed by atoms with Gasteiger partial charge < -0.3 is 15.7 Å². The lowest BCUT2D eigenvalue weighted by Crippen LogP contribution is -2.30. The van der Waals surface area contributed by atoms with Crippen molar-refractivity contribution in [3.8, 4) is 0 Å². The van der Waals surface area contributed by atoms with E-state index in [1.807, 2.05) is 0 Å². The molecule has 0 saturated carbocycles. The molecule has 0 saturated heterocycles. The first-order valence-corrected chi connectivity index (χ1v) is 6.39. The number of ether oxygens (including phenoxy) is 1. The Morgan fingerprint density at radius 2 is 2.21 bits per heavy atom. The number of amidine groups is 1. The van der Waals surface area contributed by atoms with Crippen molar-refractivity contribution in [1.29, 1.82) is 0 Å². The lowest BCUT2D eigenvalue weighted by molar-refractivity contribution is 0.145. The number of nitrogens with two attached hydrogens (primary N) is 1. The highest BCUT2D eigenvalue weighted by Crippen LogP contribution is 2.08. The second-order valence-electron chi connectivity index (χ2n) is 4.60. The standard InChI is InChI=1S/C14H23N3O2/c1-12-4-3-5-13(10-12)11-17(8-9-19-2)7-6-14(15)16-18/h3-5,10,18H,6-9,11H2,1-2H3,(H2,15,16). The van der Waals surface area contributed by atoms with Crippen LogP contribution in [-0.2, 0) is 11.3 Å². The minimum atomic E-state index is 0.256. The predicted octanol–water partition coefficient (Wildman–Crippen LogP) is 1.58. The van der Waals surface area contributed by atoms with Crippen LogP contribution in [0.25, 0.3) is 0 Å². The summed E-state index contributed by atoms with van der Waals surface area (Å²) in [6.45, 7) is 5.15. The Hall–Kier alpha value is -1.59. The first kappa shape index (κ1) is 15.5. The monoisotopic (exact) mass is 265 g/mol. The molecule has 19 heavy (non-hydrogen) atoms. The van der Waals surface area contributed by atoms with E-state index in [0.29, 0.717) is 13.0 Å². The highest BCUT2D eigenvalue weighted by Gasteiger charge is 2.07. The van der Waals surface area contributed by atoms with Crippen molar-refractivity contribution >= 4 is 5.84 Å². The summed E-state index contributed by atoms with van der Waals surface area (Å²) in [5, 5.41) is 11.6. The van der Waals surface area contributed by atoms with Crippen molar-refractivity contribution in [1.82, 2.24) is 4.90 Å². The number of hydrogen-bond donors (Lipinski definition) is 2. The van der Waals surface area contributed by atoms with Crippen LogP contribution in [0.2, 0.25) is 0 Å². The van der Waals surface area contributed by atoms with Crippen molar-refractivity contribution in [3.05, 3.63) is 35.4 Å². The van der Waals surface area contributed by atoms with Gasteiger partial charge in [0.05, 0.1) is 6.61 Å². The summed E-state index contributed by atoms with van der Waals surface area (Å²) in [6.07, 6.45) is 0.548. The number of rotatable bonds is 8. The summed E-state index contributed by atoms with van der Waals surface area (Å²) in [7, 11) is 1.69. The second kappa shape index (κ2) is 8.50. The minimum absolute atomic E-state index is 0.256. The normalized spacial score (nSPS) is 12.1. The number of aryl methyl sites for hydroxylation is 1. The molecule has 1 rings (SSSR count). The average molecular weight is 265 g/mol. The van der Waals surface area contributed by atoms with Crippen LogP contribution in [0.15, 0.2) is 29.4 Å². The fourth-order valence-corrected chi connectivity index (χ4v) is 1.88. The number of methoxy groups -OCH3 is 1. The lowest BCUT2D eigenvalue weighted by atomic mass is 10.1. The van der Waals surface area contributed by atoms with Gasteiger partial charge in [-0.05, 0) is 12.5 Å². The van der Waals surface area contributed by atoms with E-state index < -0.39 is 0 Å². The van der Waals surface area contributed by atoms with Gasteiger partial charge in [0.1, 0.15) is 5.84 Å². The molecule has 0 aliphatic rings. The van der Waals surface area contributed by atoms with Gasteiger partial charge in [0, 0.05) is 33.2 Å². The van der Waals surface area contributed by atoms with Gasteiger partial charge in [-0.25, -0.2) is 0 Å². The van der Waals surface area contributed by atoms with E-state index in [4.69, 9.17) is 15.7 Å². The molecule has 0 aliphatic heterocycles. The van der Waals surface area contributed by atoms with Crippen LogP contribution in [0, 0.1) is 6.92 Å². The summed E-state index contributed by atoms with van der Waals surface area (Å²) in [5.74, 6) is 0.256. The van der Waals surface area contributed by atoms with E-state index in [2.05, 4.69) is 41.2 Å². The molecule has 0 spiro atoms. The lowest BCUT2D eigenvalue weighted by Gasteiger charge is -2.22. The van der Waals surface area contributed by atoms with Crippen molar-refractivity contribution in [3.63, 3.8) is 0 Å². The molecule has 5 heteroatoms. The highest BCUT2D eigenvalue weighted by atomic mass is 16.5. The Balaban J connectivity index is 2.57. The van der Waals surface area contributed by atoms with Gasteiger partial charge in [-0.15, -0.1) is 0 Å². The fraction of sp³-hybridized carbons (Fsp3) is 0.500. The van der Waals surface area contributed by atoms with Gasteiger partial charge in [-0.2, -0.15) is 0 Å². The average Bonchev–Trinajstić information content (AvgIpc) is 2.41. The van der Waals surface area contributed by atoms with Crippen molar-refractivity contribution in [2.75, 3.05) is 26.8 Å². The summed E-state index contributed by atoms with van der Waals surface area (Å²) < 4.78 is 5.11. The molecular formula is C14H23N3O2. The van der Waals surface area contributed by atoms with Crippen LogP contribution >= 0.6 is 0 Å². The summed E-state index contributed by atoms with van der Waals surface area (Å²) >= 11 is 0. The molecule has 0 atom stereocenters. The van der Waals surface area contributed by atoms with Crippen LogP contribution in [0.4, 0.5) is 0 Å². The van der Waals surface area contributed by atoms with E-state index >= 15 is 0 Å². The Bertz CT molecular complexity index is 407. The molecule has 0 fully saturated rings. The Labute approximate surface area is 114 Å². The molecule has 1 aromatic rings. The van der Waals surface area contributed by atoms with Crippen LogP contribution in [-0.4, -0.2) is 42.7 Å². The maximum Gasteiger partial charge on any atom is 0.140 e. The van der Waals surface area contributed by atoms with E-state index in [1.165, 1.54) is 11.1 Å². The first-order chi connectivity index (χ1) is 9.15.